The van der Waals surface area contributed by atoms with Crippen molar-refractivity contribution in [3.8, 4) is 6.07 Å². The first-order chi connectivity index (χ1) is 14.1. The number of nitrogens with zero attached hydrogens (tertiary/aromatic N) is 5. The molecule has 0 saturated carbocycles. The van der Waals surface area contributed by atoms with E-state index in [-0.39, 0.29) is 0 Å². The fourth-order valence-corrected chi connectivity index (χ4v) is 2.72. The summed E-state index contributed by atoms with van der Waals surface area (Å²) in [5.74, 6) is 0.899. The average molecular weight is 390 g/mol. The first kappa shape index (κ1) is 20.0. The molecular weight excluding hydrogens is 368 g/mol. The molecule has 0 atom stereocenters. The first-order valence-electron chi connectivity index (χ1n) is 9.04. The standard InChI is InChI=1S/C20H22N8O/c1-14-18(13-28(27-14)7-8-29-2)25-20-24-12-17(10-22)19(26-20)23-11-16-6-4-3-5-15(16)9-21/h3-6,10,12-13,22H,7-8,11H2,1-2H3,(H2,23,24,25,26). The number of hydrogen-bond donors (Lipinski definition) is 3. The van der Waals surface area contributed by atoms with Gasteiger partial charge in [0.2, 0.25) is 5.95 Å². The number of anilines is 3. The molecule has 1 aromatic carbocycles. The van der Waals surface area contributed by atoms with E-state index < -0.39 is 0 Å². The second-order valence-corrected chi connectivity index (χ2v) is 6.27. The number of aromatic nitrogens is 4. The third-order valence-electron chi connectivity index (χ3n) is 4.27. The maximum absolute atomic E-state index is 9.24. The minimum Gasteiger partial charge on any atom is -0.383 e. The highest BCUT2D eigenvalue weighted by molar-refractivity contribution is 5.84. The summed E-state index contributed by atoms with van der Waals surface area (Å²) in [7, 11) is 1.65. The number of methoxy groups -OCH3 is 1. The lowest BCUT2D eigenvalue weighted by molar-refractivity contribution is 0.183. The van der Waals surface area contributed by atoms with Crippen molar-refractivity contribution in [3.05, 3.63) is 59.0 Å². The maximum atomic E-state index is 9.24. The van der Waals surface area contributed by atoms with Gasteiger partial charge in [-0.05, 0) is 18.6 Å². The zero-order valence-electron chi connectivity index (χ0n) is 16.3. The van der Waals surface area contributed by atoms with Crippen molar-refractivity contribution >= 4 is 23.7 Å². The molecule has 0 aliphatic rings. The monoisotopic (exact) mass is 390 g/mol. The van der Waals surface area contributed by atoms with Crippen LogP contribution in [0.4, 0.5) is 17.5 Å². The lowest BCUT2D eigenvalue weighted by Crippen LogP contribution is -2.08. The molecule has 2 heterocycles. The molecule has 29 heavy (non-hydrogen) atoms. The summed E-state index contributed by atoms with van der Waals surface area (Å²) in [6, 6.07) is 9.54. The number of rotatable bonds is 9. The van der Waals surface area contributed by atoms with Crippen LogP contribution in [0.3, 0.4) is 0 Å². The summed E-state index contributed by atoms with van der Waals surface area (Å²) >= 11 is 0. The predicted molar refractivity (Wildman–Crippen MR) is 111 cm³/mol. The van der Waals surface area contributed by atoms with E-state index in [1.54, 1.807) is 24.1 Å². The Balaban J connectivity index is 1.78. The van der Waals surface area contributed by atoms with Gasteiger partial charge in [-0.25, -0.2) is 4.98 Å². The number of hydrogen-bond acceptors (Lipinski definition) is 8. The van der Waals surface area contributed by atoms with Crippen molar-refractivity contribution in [2.75, 3.05) is 24.4 Å². The van der Waals surface area contributed by atoms with Crippen molar-refractivity contribution < 1.29 is 4.74 Å². The van der Waals surface area contributed by atoms with E-state index in [4.69, 9.17) is 10.1 Å². The Bertz CT molecular complexity index is 1040. The smallest absolute Gasteiger partial charge is 0.229 e. The fourth-order valence-electron chi connectivity index (χ4n) is 2.72. The predicted octanol–water partition coefficient (Wildman–Crippen LogP) is 2.85. The average Bonchev–Trinajstić information content (AvgIpc) is 3.10. The molecule has 3 aromatic rings. The second kappa shape index (κ2) is 9.43. The van der Waals surface area contributed by atoms with Gasteiger partial charge < -0.3 is 20.8 Å². The van der Waals surface area contributed by atoms with Crippen LogP contribution in [0.15, 0.2) is 36.7 Å². The summed E-state index contributed by atoms with van der Waals surface area (Å²) in [5, 5.41) is 27.6. The molecule has 3 rings (SSSR count). The molecule has 0 fully saturated rings. The summed E-state index contributed by atoms with van der Waals surface area (Å²) in [6.45, 7) is 3.53. The van der Waals surface area contributed by atoms with E-state index in [2.05, 4.69) is 31.8 Å². The van der Waals surface area contributed by atoms with Crippen LogP contribution in [0.25, 0.3) is 0 Å². The summed E-state index contributed by atoms with van der Waals surface area (Å²) in [6.07, 6.45) is 4.64. The zero-order chi connectivity index (χ0) is 20.6. The van der Waals surface area contributed by atoms with Gasteiger partial charge in [-0.3, -0.25) is 4.68 Å². The Morgan fingerprint density at radius 1 is 1.34 bits per heavy atom. The first-order valence-corrected chi connectivity index (χ1v) is 9.04. The Kier molecular flexibility index (Phi) is 6.50. The van der Waals surface area contributed by atoms with Gasteiger partial charge in [-0.15, -0.1) is 0 Å². The van der Waals surface area contributed by atoms with E-state index in [1.165, 1.54) is 6.21 Å². The molecule has 0 saturated heterocycles. The van der Waals surface area contributed by atoms with Gasteiger partial charge in [0.05, 0.1) is 41.7 Å². The Morgan fingerprint density at radius 2 is 2.17 bits per heavy atom. The van der Waals surface area contributed by atoms with Crippen LogP contribution in [0, 0.1) is 23.7 Å². The van der Waals surface area contributed by atoms with Gasteiger partial charge >= 0.3 is 0 Å². The zero-order valence-corrected chi connectivity index (χ0v) is 16.3. The topological polar surface area (TPSA) is 125 Å². The number of benzene rings is 1. The lowest BCUT2D eigenvalue weighted by atomic mass is 10.1. The lowest BCUT2D eigenvalue weighted by Gasteiger charge is -2.11. The molecule has 0 amide bonds. The number of ether oxygens (including phenoxy) is 1. The number of aryl methyl sites for hydroxylation is 1. The number of nitriles is 1. The van der Waals surface area contributed by atoms with Crippen molar-refractivity contribution in [1.29, 1.82) is 10.7 Å². The Morgan fingerprint density at radius 3 is 2.93 bits per heavy atom. The highest BCUT2D eigenvalue weighted by Gasteiger charge is 2.10. The van der Waals surface area contributed by atoms with E-state index in [9.17, 15) is 5.26 Å². The molecule has 2 aromatic heterocycles. The minimum atomic E-state index is 0.390. The molecule has 3 N–H and O–H groups in total. The van der Waals surface area contributed by atoms with Gasteiger partial charge in [0.15, 0.2) is 0 Å². The molecule has 9 heteroatoms. The normalized spacial score (nSPS) is 10.4. The van der Waals surface area contributed by atoms with Crippen molar-refractivity contribution in [2.45, 2.75) is 20.0 Å². The van der Waals surface area contributed by atoms with E-state index in [0.717, 1.165) is 16.9 Å². The molecule has 9 nitrogen and oxygen atoms in total. The molecule has 0 spiro atoms. The fraction of sp³-hybridized carbons (Fsp3) is 0.250. The summed E-state index contributed by atoms with van der Waals surface area (Å²) < 4.78 is 6.88. The highest BCUT2D eigenvalue weighted by Crippen LogP contribution is 2.20. The summed E-state index contributed by atoms with van der Waals surface area (Å²) in [5.41, 5.74) is 3.62. The van der Waals surface area contributed by atoms with E-state index >= 15 is 0 Å². The van der Waals surface area contributed by atoms with Gasteiger partial charge in [-0.2, -0.15) is 15.3 Å². The van der Waals surface area contributed by atoms with Crippen LogP contribution in [0.1, 0.15) is 22.4 Å². The van der Waals surface area contributed by atoms with Gasteiger partial charge in [0.25, 0.3) is 0 Å². The van der Waals surface area contributed by atoms with Crippen LogP contribution in [0.5, 0.6) is 0 Å². The third-order valence-corrected chi connectivity index (χ3v) is 4.27. The van der Waals surface area contributed by atoms with Crippen LogP contribution >= 0.6 is 0 Å². The Hall–Kier alpha value is -3.77. The summed E-state index contributed by atoms with van der Waals surface area (Å²) in [4.78, 5) is 8.77. The van der Waals surface area contributed by atoms with Crippen LogP contribution < -0.4 is 10.6 Å². The molecule has 0 aliphatic carbocycles. The third kappa shape index (κ3) is 4.94. The van der Waals surface area contributed by atoms with E-state index in [0.29, 0.717) is 42.6 Å². The number of nitrogens with one attached hydrogen (secondary N) is 3. The van der Waals surface area contributed by atoms with Gasteiger partial charge in [0.1, 0.15) is 5.82 Å². The van der Waals surface area contributed by atoms with Crippen molar-refractivity contribution in [2.24, 2.45) is 0 Å². The highest BCUT2D eigenvalue weighted by atomic mass is 16.5. The van der Waals surface area contributed by atoms with Crippen LogP contribution in [0.2, 0.25) is 0 Å². The second-order valence-electron chi connectivity index (χ2n) is 6.27. The minimum absolute atomic E-state index is 0.390. The molecular formula is C20H22N8O. The molecule has 0 radical (unpaired) electrons. The largest absolute Gasteiger partial charge is 0.383 e. The van der Waals surface area contributed by atoms with Crippen LogP contribution in [-0.4, -0.2) is 39.7 Å². The van der Waals surface area contributed by atoms with Gasteiger partial charge in [-0.1, -0.05) is 18.2 Å². The quantitative estimate of drug-likeness (QED) is 0.480. The van der Waals surface area contributed by atoms with Crippen LogP contribution in [-0.2, 0) is 17.8 Å². The Labute approximate surface area is 168 Å². The maximum Gasteiger partial charge on any atom is 0.229 e. The molecule has 0 bridgehead atoms. The molecule has 0 aliphatic heterocycles. The van der Waals surface area contributed by atoms with Crippen molar-refractivity contribution in [3.63, 3.8) is 0 Å². The van der Waals surface area contributed by atoms with E-state index in [1.807, 2.05) is 31.3 Å². The molecule has 0 unspecified atom stereocenters. The SMILES string of the molecule is COCCn1cc(Nc2ncc(C=N)c(NCc3ccccc3C#N)n2)c(C)n1. The van der Waals surface area contributed by atoms with Crippen molar-refractivity contribution in [1.82, 2.24) is 19.7 Å². The molecule has 148 valence electrons. The van der Waals surface area contributed by atoms with Gasteiger partial charge in [0, 0.05) is 32.3 Å².